The molecule has 0 saturated carbocycles. The number of aromatic nitrogens is 1. The van der Waals surface area contributed by atoms with Crippen molar-refractivity contribution in [2.24, 2.45) is 4.99 Å². The Morgan fingerprint density at radius 2 is 1.81 bits per heavy atom. The summed E-state index contributed by atoms with van der Waals surface area (Å²) in [6.07, 6.45) is 1.50. The van der Waals surface area contributed by atoms with Crippen molar-refractivity contribution in [2.45, 2.75) is 9.24 Å². The van der Waals surface area contributed by atoms with E-state index in [2.05, 4.69) is 20.6 Å². The van der Waals surface area contributed by atoms with Crippen molar-refractivity contribution < 1.29 is 24.4 Å². The Balaban J connectivity index is 1.19. The van der Waals surface area contributed by atoms with Gasteiger partial charge in [-0.05, 0) is 78.0 Å². The zero-order valence-corrected chi connectivity index (χ0v) is 27.4. The quantitative estimate of drug-likeness (QED) is 0.0809. The third kappa shape index (κ3) is 7.32. The molecule has 0 atom stereocenters. The second kappa shape index (κ2) is 13.6. The minimum atomic E-state index is -1.21. The van der Waals surface area contributed by atoms with Gasteiger partial charge in [-0.2, -0.15) is 0 Å². The van der Waals surface area contributed by atoms with Crippen molar-refractivity contribution in [2.75, 3.05) is 5.32 Å². The monoisotopic (exact) mass is 721 g/mol. The van der Waals surface area contributed by atoms with E-state index in [1.807, 2.05) is 0 Å². The summed E-state index contributed by atoms with van der Waals surface area (Å²) in [6.45, 7) is 0. The van der Waals surface area contributed by atoms with Gasteiger partial charge in [0.15, 0.2) is 9.51 Å². The van der Waals surface area contributed by atoms with Crippen molar-refractivity contribution in [3.05, 3.63) is 121 Å². The molecule has 1 aliphatic heterocycles. The van der Waals surface area contributed by atoms with Crippen LogP contribution in [0.25, 0.3) is 16.3 Å². The molecule has 2 heterocycles. The summed E-state index contributed by atoms with van der Waals surface area (Å²) in [6, 6.07) is 20.8. The second-order valence-electron chi connectivity index (χ2n) is 9.63. The summed E-state index contributed by atoms with van der Waals surface area (Å²) in [5.41, 5.74) is 1.95. The summed E-state index contributed by atoms with van der Waals surface area (Å²) in [5.74, 6) is -2.02. The molecule has 1 fully saturated rings. The maximum Gasteiger partial charge on any atom is 0.337 e. The predicted molar refractivity (Wildman–Crippen MR) is 185 cm³/mol. The molecule has 0 aliphatic carbocycles. The van der Waals surface area contributed by atoms with Crippen LogP contribution in [0, 0.1) is 10.1 Å². The number of nitrogens with zero attached hydrogens (tertiary/aromatic N) is 3. The molecule has 1 aliphatic rings. The normalized spacial score (nSPS) is 14.5. The number of thioether (sulfide) groups is 1. The number of benzene rings is 4. The highest BCUT2D eigenvalue weighted by atomic mass is 35.5. The standard InChI is InChI=1S/C31H17Cl2N5O6S3/c32-20-4-2-1-3-18(20)27(39)34-17-7-9-22-25(14-17)47-31(36-22)46-24-10-5-15(11-23(24)38(43)44)12-26-28(40)37-30(45-26)35-16-6-8-21(33)19(13-16)29(41)42/h1-14H,(H,34,39)(H,41,42)(H,35,37,40)/b26-12-. The molecular formula is C31H17Cl2N5O6S3. The maximum atomic E-state index is 12.7. The van der Waals surface area contributed by atoms with Crippen molar-refractivity contribution in [3.63, 3.8) is 0 Å². The molecule has 234 valence electrons. The van der Waals surface area contributed by atoms with Crippen LogP contribution in [0.5, 0.6) is 0 Å². The van der Waals surface area contributed by atoms with Gasteiger partial charge in [0.1, 0.15) is 0 Å². The van der Waals surface area contributed by atoms with Gasteiger partial charge in [0.25, 0.3) is 17.5 Å². The Bertz CT molecular complexity index is 2200. The molecule has 3 N–H and O–H groups in total. The van der Waals surface area contributed by atoms with Crippen LogP contribution < -0.4 is 10.6 Å². The van der Waals surface area contributed by atoms with Crippen LogP contribution in [0.4, 0.5) is 17.1 Å². The largest absolute Gasteiger partial charge is 0.478 e. The Hall–Kier alpha value is -4.73. The predicted octanol–water partition coefficient (Wildman–Crippen LogP) is 8.50. The number of amides is 2. The van der Waals surface area contributed by atoms with Gasteiger partial charge in [-0.15, -0.1) is 11.3 Å². The molecule has 16 heteroatoms. The number of amidine groups is 1. The van der Waals surface area contributed by atoms with E-state index in [4.69, 9.17) is 23.2 Å². The van der Waals surface area contributed by atoms with Crippen LogP contribution in [0.1, 0.15) is 26.3 Å². The van der Waals surface area contributed by atoms with E-state index in [0.717, 1.165) is 28.2 Å². The fourth-order valence-corrected chi connectivity index (χ4v) is 7.72. The van der Waals surface area contributed by atoms with Gasteiger partial charge in [0, 0.05) is 11.8 Å². The number of rotatable bonds is 8. The average Bonchev–Trinajstić information content (AvgIpc) is 3.59. The number of fused-ring (bicyclic) bond motifs is 1. The smallest absolute Gasteiger partial charge is 0.337 e. The van der Waals surface area contributed by atoms with E-state index in [9.17, 15) is 29.6 Å². The van der Waals surface area contributed by atoms with Gasteiger partial charge in [-0.3, -0.25) is 19.7 Å². The first-order valence-corrected chi connectivity index (χ1v) is 16.5. The van der Waals surface area contributed by atoms with Gasteiger partial charge < -0.3 is 15.7 Å². The molecule has 6 rings (SSSR count). The SMILES string of the molecule is O=C1NC(=Nc2ccc(Cl)c(C(=O)O)c2)S/C1=C\c1ccc(Sc2nc3ccc(NC(=O)c4ccccc4Cl)cc3s2)c([N+](=O)[O-])c1. The van der Waals surface area contributed by atoms with Gasteiger partial charge >= 0.3 is 5.97 Å². The molecular weight excluding hydrogens is 705 g/mol. The number of carboxylic acids is 1. The zero-order chi connectivity index (χ0) is 33.2. The average molecular weight is 723 g/mol. The molecule has 0 unspecified atom stereocenters. The number of carboxylic acid groups (broad SMARTS) is 1. The molecule has 11 nitrogen and oxygen atoms in total. The number of hydrogen-bond acceptors (Lipinski definition) is 10. The Labute approximate surface area is 287 Å². The maximum absolute atomic E-state index is 12.7. The van der Waals surface area contributed by atoms with Gasteiger partial charge in [0.05, 0.1) is 51.8 Å². The number of nitro groups is 1. The van der Waals surface area contributed by atoms with Gasteiger partial charge in [-0.1, -0.05) is 53.2 Å². The van der Waals surface area contributed by atoms with E-state index in [1.54, 1.807) is 54.6 Å². The number of halogens is 2. The third-order valence-corrected chi connectivity index (χ3v) is 10.2. The number of aromatic carboxylic acids is 1. The number of hydrogen-bond donors (Lipinski definition) is 3. The first-order valence-electron chi connectivity index (χ1n) is 13.3. The summed E-state index contributed by atoms with van der Waals surface area (Å²) in [7, 11) is 0. The van der Waals surface area contributed by atoms with Gasteiger partial charge in [-0.25, -0.2) is 14.8 Å². The molecule has 47 heavy (non-hydrogen) atoms. The lowest BCUT2D eigenvalue weighted by Crippen LogP contribution is -2.19. The van der Waals surface area contributed by atoms with Crippen molar-refractivity contribution in [1.82, 2.24) is 10.3 Å². The molecule has 2 amide bonds. The fourth-order valence-electron chi connectivity index (χ4n) is 4.31. The minimum Gasteiger partial charge on any atom is -0.478 e. The van der Waals surface area contributed by atoms with E-state index < -0.39 is 16.8 Å². The molecule has 5 aromatic rings. The minimum absolute atomic E-state index is 0.0567. The Morgan fingerprint density at radius 3 is 2.57 bits per heavy atom. The van der Waals surface area contributed by atoms with Crippen molar-refractivity contribution in [1.29, 1.82) is 0 Å². The summed E-state index contributed by atoms with van der Waals surface area (Å²) >= 11 is 15.5. The lowest BCUT2D eigenvalue weighted by molar-refractivity contribution is -0.387. The molecule has 1 aromatic heterocycles. The molecule has 0 spiro atoms. The molecule has 0 bridgehead atoms. The number of nitrogens with one attached hydrogen (secondary N) is 2. The highest BCUT2D eigenvalue weighted by Crippen LogP contribution is 2.40. The Morgan fingerprint density at radius 1 is 1.02 bits per heavy atom. The summed E-state index contributed by atoms with van der Waals surface area (Å²) in [5, 5.41) is 27.4. The molecule has 4 aromatic carbocycles. The van der Waals surface area contributed by atoms with Crippen LogP contribution in [0.15, 0.2) is 98.0 Å². The van der Waals surface area contributed by atoms with Crippen LogP contribution in [0.2, 0.25) is 10.0 Å². The topological polar surface area (TPSA) is 164 Å². The van der Waals surface area contributed by atoms with Crippen LogP contribution in [0.3, 0.4) is 0 Å². The molecule has 0 radical (unpaired) electrons. The number of nitro benzene ring substituents is 1. The lowest BCUT2D eigenvalue weighted by Gasteiger charge is -2.06. The van der Waals surface area contributed by atoms with Crippen LogP contribution in [-0.2, 0) is 4.79 Å². The highest BCUT2D eigenvalue weighted by molar-refractivity contribution is 8.18. The fraction of sp³-hybridized carbons (Fsp3) is 0. The first kappa shape index (κ1) is 32.2. The summed E-state index contributed by atoms with van der Waals surface area (Å²) < 4.78 is 1.33. The number of carbonyl (C=O) groups excluding carboxylic acids is 2. The Kier molecular flexibility index (Phi) is 9.29. The van der Waals surface area contributed by atoms with Crippen LogP contribution >= 0.6 is 58.1 Å². The van der Waals surface area contributed by atoms with E-state index >= 15 is 0 Å². The third-order valence-electron chi connectivity index (χ3n) is 6.48. The first-order chi connectivity index (χ1) is 22.5. The lowest BCUT2D eigenvalue weighted by atomic mass is 10.2. The number of aliphatic imine (C=N–C) groups is 1. The van der Waals surface area contributed by atoms with E-state index in [0.29, 0.717) is 36.6 Å². The van der Waals surface area contributed by atoms with Gasteiger partial charge in [0.2, 0.25) is 0 Å². The van der Waals surface area contributed by atoms with E-state index in [-0.39, 0.29) is 37.9 Å². The highest BCUT2D eigenvalue weighted by Gasteiger charge is 2.25. The number of thiazole rings is 1. The van der Waals surface area contributed by atoms with Crippen molar-refractivity contribution in [3.8, 4) is 0 Å². The number of anilines is 1. The summed E-state index contributed by atoms with van der Waals surface area (Å²) in [4.78, 5) is 57.7. The van der Waals surface area contributed by atoms with Crippen molar-refractivity contribution >= 4 is 114 Å². The molecule has 1 saturated heterocycles. The zero-order valence-electron chi connectivity index (χ0n) is 23.4. The van der Waals surface area contributed by atoms with E-state index in [1.165, 1.54) is 41.7 Å². The second-order valence-corrected chi connectivity index (χ2v) is 13.8. The van der Waals surface area contributed by atoms with Crippen LogP contribution in [-0.4, -0.2) is 38.0 Å². The number of carbonyl (C=O) groups is 3.